The van der Waals surface area contributed by atoms with Crippen molar-refractivity contribution >= 4 is 23.3 Å². The summed E-state index contributed by atoms with van der Waals surface area (Å²) in [5.74, 6) is 0.0413. The lowest BCUT2D eigenvalue weighted by Gasteiger charge is -2.24. The molecule has 2 aromatic heterocycles. The van der Waals surface area contributed by atoms with Crippen molar-refractivity contribution in [3.63, 3.8) is 0 Å². The zero-order valence-corrected chi connectivity index (χ0v) is 13.8. The van der Waals surface area contributed by atoms with Crippen molar-refractivity contribution in [1.29, 1.82) is 0 Å². The van der Waals surface area contributed by atoms with Crippen molar-refractivity contribution in [1.82, 2.24) is 19.5 Å². The Labute approximate surface area is 143 Å². The van der Waals surface area contributed by atoms with Gasteiger partial charge in [0.15, 0.2) is 17.5 Å². The van der Waals surface area contributed by atoms with E-state index in [0.717, 1.165) is 31.4 Å². The number of aliphatic hydroxyl groups excluding tert-OH is 1. The van der Waals surface area contributed by atoms with Gasteiger partial charge in [0.25, 0.3) is 5.56 Å². The number of aromatic nitrogens is 4. The third kappa shape index (κ3) is 3.06. The highest BCUT2D eigenvalue weighted by Gasteiger charge is 2.49. The molecule has 4 rings (SSSR count). The van der Waals surface area contributed by atoms with Crippen LogP contribution in [0.25, 0.3) is 17.4 Å². The second kappa shape index (κ2) is 6.25. The van der Waals surface area contributed by atoms with E-state index in [1.807, 2.05) is 6.20 Å². The van der Waals surface area contributed by atoms with Crippen LogP contribution >= 0.6 is 0 Å². The van der Waals surface area contributed by atoms with Crippen LogP contribution in [-0.2, 0) is 9.47 Å². The first-order chi connectivity index (χ1) is 12.1. The normalized spacial score (nSPS) is 27.9. The molecule has 0 amide bonds. The number of hydrogen-bond acceptors (Lipinski definition) is 7. The van der Waals surface area contributed by atoms with E-state index in [-0.39, 0.29) is 29.9 Å². The maximum Gasteiger partial charge on any atom is 0.280 e. The Morgan fingerprint density at radius 2 is 2.44 bits per heavy atom. The highest BCUT2D eigenvalue weighted by atomic mass is 16.7. The van der Waals surface area contributed by atoms with E-state index in [1.54, 1.807) is 4.57 Å². The molecule has 2 aliphatic rings. The molecule has 1 aliphatic carbocycles. The second-order valence-electron chi connectivity index (χ2n) is 6.65. The standard InChI is InChI=1S/C16H21N5O4/c17-15-19-13-12(14(23)20-15)18-9-21(13)6-10-5-16(10,7-22)8-25-11-3-1-2-4-24-11/h6,9,11,22H,1-5,7-8H2,(H3,17,19,20,23)/b10-6-/t11?,16-/m0/s1. The monoisotopic (exact) mass is 347 g/mol. The maximum atomic E-state index is 11.8. The molecular weight excluding hydrogens is 326 g/mol. The minimum absolute atomic E-state index is 0.00562. The van der Waals surface area contributed by atoms with Gasteiger partial charge < -0.3 is 20.3 Å². The zero-order chi connectivity index (χ0) is 17.4. The number of rotatable bonds is 5. The van der Waals surface area contributed by atoms with E-state index in [0.29, 0.717) is 18.7 Å². The number of aromatic amines is 1. The molecule has 2 aromatic rings. The average Bonchev–Trinajstić information content (AvgIpc) is 3.16. The summed E-state index contributed by atoms with van der Waals surface area (Å²) in [6.45, 7) is 1.12. The fourth-order valence-corrected chi connectivity index (χ4v) is 3.15. The molecule has 0 aromatic carbocycles. The number of nitrogens with zero attached hydrogens (tertiary/aromatic N) is 3. The summed E-state index contributed by atoms with van der Waals surface area (Å²) in [4.78, 5) is 22.5. The van der Waals surface area contributed by atoms with Gasteiger partial charge in [-0.1, -0.05) is 0 Å². The third-order valence-electron chi connectivity index (χ3n) is 4.82. The largest absolute Gasteiger partial charge is 0.395 e. The molecule has 134 valence electrons. The molecule has 9 heteroatoms. The van der Waals surface area contributed by atoms with E-state index in [2.05, 4.69) is 15.0 Å². The number of anilines is 1. The number of aliphatic hydroxyl groups is 1. The molecular formula is C16H21N5O4. The van der Waals surface area contributed by atoms with Crippen molar-refractivity contribution in [2.24, 2.45) is 5.41 Å². The summed E-state index contributed by atoms with van der Waals surface area (Å²) in [6, 6.07) is 0. The van der Waals surface area contributed by atoms with Gasteiger partial charge in [0.1, 0.15) is 6.33 Å². The molecule has 3 heterocycles. The molecule has 1 aliphatic heterocycles. The number of imidazole rings is 1. The van der Waals surface area contributed by atoms with Gasteiger partial charge in [-0.15, -0.1) is 0 Å². The van der Waals surface area contributed by atoms with Crippen LogP contribution in [0.3, 0.4) is 0 Å². The molecule has 25 heavy (non-hydrogen) atoms. The number of nitrogens with one attached hydrogen (secondary N) is 1. The summed E-state index contributed by atoms with van der Waals surface area (Å²) in [5.41, 5.74) is 6.48. The molecule has 2 fully saturated rings. The number of nitrogens with two attached hydrogens (primary N) is 1. The summed E-state index contributed by atoms with van der Waals surface area (Å²) in [5, 5.41) is 9.81. The molecule has 1 saturated carbocycles. The van der Waals surface area contributed by atoms with Crippen LogP contribution in [0.1, 0.15) is 25.7 Å². The third-order valence-corrected chi connectivity index (χ3v) is 4.82. The van der Waals surface area contributed by atoms with Gasteiger partial charge in [-0.05, 0) is 31.3 Å². The first-order valence-electron chi connectivity index (χ1n) is 8.39. The fourth-order valence-electron chi connectivity index (χ4n) is 3.15. The Morgan fingerprint density at radius 3 is 3.20 bits per heavy atom. The van der Waals surface area contributed by atoms with Crippen LogP contribution in [0, 0.1) is 5.41 Å². The Kier molecular flexibility index (Phi) is 4.06. The number of hydrogen-bond donors (Lipinski definition) is 3. The van der Waals surface area contributed by atoms with E-state index in [4.69, 9.17) is 15.2 Å². The molecule has 0 spiro atoms. The molecule has 2 atom stereocenters. The van der Waals surface area contributed by atoms with Crippen molar-refractivity contribution in [2.75, 3.05) is 25.6 Å². The van der Waals surface area contributed by atoms with Crippen LogP contribution < -0.4 is 11.3 Å². The molecule has 9 nitrogen and oxygen atoms in total. The van der Waals surface area contributed by atoms with Crippen LogP contribution in [0.4, 0.5) is 5.95 Å². The Morgan fingerprint density at radius 1 is 1.56 bits per heavy atom. The maximum absolute atomic E-state index is 11.8. The van der Waals surface area contributed by atoms with E-state index < -0.39 is 5.41 Å². The van der Waals surface area contributed by atoms with Gasteiger partial charge in [0, 0.05) is 18.2 Å². The second-order valence-corrected chi connectivity index (χ2v) is 6.65. The zero-order valence-electron chi connectivity index (χ0n) is 13.8. The number of fused-ring (bicyclic) bond motifs is 1. The van der Waals surface area contributed by atoms with Crippen molar-refractivity contribution < 1.29 is 14.6 Å². The van der Waals surface area contributed by atoms with Crippen molar-refractivity contribution in [3.05, 3.63) is 22.3 Å². The number of ether oxygens (including phenoxy) is 2. The first kappa shape index (κ1) is 16.2. The summed E-state index contributed by atoms with van der Waals surface area (Å²) >= 11 is 0. The van der Waals surface area contributed by atoms with Crippen LogP contribution in [0.2, 0.25) is 0 Å². The van der Waals surface area contributed by atoms with Crippen molar-refractivity contribution in [3.8, 4) is 0 Å². The summed E-state index contributed by atoms with van der Waals surface area (Å²) < 4.78 is 13.1. The lowest BCUT2D eigenvalue weighted by molar-refractivity contribution is -0.172. The fraction of sp³-hybridized carbons (Fsp3) is 0.562. The Bertz CT molecular complexity index is 867. The lowest BCUT2D eigenvalue weighted by Crippen LogP contribution is -2.27. The smallest absolute Gasteiger partial charge is 0.280 e. The minimum atomic E-state index is -0.399. The summed E-state index contributed by atoms with van der Waals surface area (Å²) in [6.07, 6.45) is 6.94. The van der Waals surface area contributed by atoms with E-state index >= 15 is 0 Å². The predicted molar refractivity (Wildman–Crippen MR) is 90.5 cm³/mol. The lowest BCUT2D eigenvalue weighted by atomic mass is 10.1. The molecule has 0 bridgehead atoms. The van der Waals surface area contributed by atoms with E-state index in [9.17, 15) is 9.90 Å². The highest BCUT2D eigenvalue weighted by Crippen LogP contribution is 2.52. The van der Waals surface area contributed by atoms with Crippen LogP contribution in [0.15, 0.2) is 16.7 Å². The Balaban J connectivity index is 1.53. The number of nitrogen functional groups attached to an aromatic ring is 1. The summed E-state index contributed by atoms with van der Waals surface area (Å²) in [7, 11) is 0. The van der Waals surface area contributed by atoms with Gasteiger partial charge in [-0.3, -0.25) is 14.3 Å². The molecule has 4 N–H and O–H groups in total. The van der Waals surface area contributed by atoms with Crippen LogP contribution in [0.5, 0.6) is 0 Å². The van der Waals surface area contributed by atoms with Gasteiger partial charge in [-0.25, -0.2) is 4.98 Å². The molecule has 1 saturated heterocycles. The molecule has 1 unspecified atom stereocenters. The number of H-pyrrole nitrogens is 1. The predicted octanol–water partition coefficient (Wildman–Crippen LogP) is 0.468. The SMILES string of the molecule is Nc1nc2c(ncn2/C=C2/C[C@]2(CO)COC2CCCCO2)c(=O)[nH]1. The average molecular weight is 347 g/mol. The van der Waals surface area contributed by atoms with Gasteiger partial charge in [0.2, 0.25) is 5.95 Å². The van der Waals surface area contributed by atoms with Gasteiger partial charge in [0.05, 0.1) is 13.2 Å². The topological polar surface area (TPSA) is 128 Å². The van der Waals surface area contributed by atoms with Crippen molar-refractivity contribution in [2.45, 2.75) is 32.0 Å². The quantitative estimate of drug-likeness (QED) is 0.717. The minimum Gasteiger partial charge on any atom is -0.395 e. The van der Waals surface area contributed by atoms with Gasteiger partial charge in [-0.2, -0.15) is 4.98 Å². The van der Waals surface area contributed by atoms with E-state index in [1.165, 1.54) is 6.33 Å². The highest BCUT2D eigenvalue weighted by molar-refractivity contribution is 5.73. The first-order valence-corrected chi connectivity index (χ1v) is 8.39. The molecule has 0 radical (unpaired) electrons. The van der Waals surface area contributed by atoms with Crippen LogP contribution in [-0.4, -0.2) is 50.7 Å². The Hall–Kier alpha value is -2.23. The van der Waals surface area contributed by atoms with Gasteiger partial charge >= 0.3 is 0 Å².